The highest BCUT2D eigenvalue weighted by Gasteiger charge is 2.23. The molecule has 1 unspecified atom stereocenters. The number of benzene rings is 9. The predicted octanol–water partition coefficient (Wildman–Crippen LogP) is 16.8. The predicted molar refractivity (Wildman–Crippen MR) is 261 cm³/mol. The van der Waals surface area contributed by atoms with E-state index < -0.39 is 0 Å². The standard InChI is InChI=1S/C59H50N2/c1-43-16-5-4-12-39-60(55-38-33-46-21-10-11-22-50(46)41-55)58-28-15-27-57(59(43)58)52-25-13-23-49(40-52)51-24-14-26-56(42-51)61(53-34-29-47(30-35-53)44-17-6-2-7-18-44)54-36-31-48(32-37-54)45-19-8-3-9-20-45/h2-3,6-11,13-15,17-38,40-43H,4-5,12,16,39H2,1H3. The number of hydrogen-bond acceptors (Lipinski definition) is 2. The third kappa shape index (κ3) is 7.98. The van der Waals surface area contributed by atoms with Crippen LogP contribution in [-0.4, -0.2) is 6.54 Å². The minimum Gasteiger partial charge on any atom is -0.341 e. The number of fused-ring (bicyclic) bond motifs is 2. The third-order valence-electron chi connectivity index (χ3n) is 12.5. The van der Waals surface area contributed by atoms with Gasteiger partial charge in [-0.05, 0) is 140 Å². The van der Waals surface area contributed by atoms with E-state index in [2.05, 4.69) is 235 Å². The van der Waals surface area contributed by atoms with Gasteiger partial charge in [0.1, 0.15) is 0 Å². The number of nitrogens with zero attached hydrogens (tertiary/aromatic N) is 2. The Kier molecular flexibility index (Phi) is 10.7. The molecule has 0 fully saturated rings. The van der Waals surface area contributed by atoms with Gasteiger partial charge in [-0.25, -0.2) is 0 Å². The highest BCUT2D eigenvalue weighted by atomic mass is 15.1. The van der Waals surface area contributed by atoms with Crippen LogP contribution >= 0.6 is 0 Å². The molecule has 0 aromatic heterocycles. The van der Waals surface area contributed by atoms with E-state index in [1.54, 1.807) is 0 Å². The SMILES string of the molecule is CC1CCCCCN(c2ccc3ccccc3c2)c2cccc(-c3cccc(-c4cccc(N(c5ccc(-c6ccccc6)cc5)c5ccc(-c6ccccc6)cc5)c4)c3)c21. The molecule has 1 heterocycles. The summed E-state index contributed by atoms with van der Waals surface area (Å²) in [6.07, 6.45) is 4.86. The van der Waals surface area contributed by atoms with Crippen molar-refractivity contribution in [2.75, 3.05) is 16.3 Å². The Hall–Kier alpha value is -7.16. The van der Waals surface area contributed by atoms with Gasteiger partial charge in [-0.3, -0.25) is 0 Å². The number of rotatable bonds is 8. The van der Waals surface area contributed by atoms with Gasteiger partial charge in [-0.15, -0.1) is 0 Å². The van der Waals surface area contributed by atoms with Gasteiger partial charge in [0.15, 0.2) is 0 Å². The van der Waals surface area contributed by atoms with E-state index in [9.17, 15) is 0 Å². The summed E-state index contributed by atoms with van der Waals surface area (Å²) >= 11 is 0. The average molecular weight is 787 g/mol. The lowest BCUT2D eigenvalue weighted by Crippen LogP contribution is -2.20. The smallest absolute Gasteiger partial charge is 0.0467 e. The highest BCUT2D eigenvalue weighted by molar-refractivity contribution is 5.89. The maximum Gasteiger partial charge on any atom is 0.0467 e. The quantitative estimate of drug-likeness (QED) is 0.151. The molecule has 9 aromatic carbocycles. The molecule has 296 valence electrons. The summed E-state index contributed by atoms with van der Waals surface area (Å²) in [4.78, 5) is 4.97. The van der Waals surface area contributed by atoms with Gasteiger partial charge in [0, 0.05) is 35.0 Å². The minimum atomic E-state index is 0.425. The maximum atomic E-state index is 2.59. The molecule has 0 spiro atoms. The van der Waals surface area contributed by atoms with Crippen LogP contribution < -0.4 is 9.80 Å². The first kappa shape index (κ1) is 38.1. The van der Waals surface area contributed by atoms with Crippen molar-refractivity contribution in [2.24, 2.45) is 0 Å². The van der Waals surface area contributed by atoms with Crippen LogP contribution in [0.15, 0.2) is 218 Å². The first-order valence-electron chi connectivity index (χ1n) is 21.9. The highest BCUT2D eigenvalue weighted by Crippen LogP contribution is 2.44. The van der Waals surface area contributed by atoms with E-state index in [4.69, 9.17) is 0 Å². The van der Waals surface area contributed by atoms with Gasteiger partial charge in [0.2, 0.25) is 0 Å². The van der Waals surface area contributed by atoms with E-state index in [0.717, 1.165) is 23.6 Å². The van der Waals surface area contributed by atoms with Crippen molar-refractivity contribution in [2.45, 2.75) is 38.5 Å². The summed E-state index contributed by atoms with van der Waals surface area (Å²) < 4.78 is 0. The zero-order valence-corrected chi connectivity index (χ0v) is 34.8. The van der Waals surface area contributed by atoms with Crippen LogP contribution in [0, 0.1) is 0 Å². The van der Waals surface area contributed by atoms with Crippen molar-refractivity contribution >= 4 is 39.2 Å². The summed E-state index contributed by atoms with van der Waals surface area (Å²) in [6, 6.07) is 80.0. The summed E-state index contributed by atoms with van der Waals surface area (Å²) in [5.41, 5.74) is 17.2. The second-order valence-corrected chi connectivity index (χ2v) is 16.5. The molecule has 1 aliphatic rings. The fourth-order valence-electron chi connectivity index (χ4n) is 9.34. The van der Waals surface area contributed by atoms with Gasteiger partial charge in [-0.2, -0.15) is 0 Å². The molecule has 2 nitrogen and oxygen atoms in total. The van der Waals surface area contributed by atoms with E-state index in [0.29, 0.717) is 5.92 Å². The molecule has 1 atom stereocenters. The first-order valence-corrected chi connectivity index (χ1v) is 21.9. The van der Waals surface area contributed by atoms with Crippen LogP contribution in [-0.2, 0) is 0 Å². The third-order valence-corrected chi connectivity index (χ3v) is 12.5. The lowest BCUT2D eigenvalue weighted by Gasteiger charge is -2.30. The van der Waals surface area contributed by atoms with Gasteiger partial charge in [0.25, 0.3) is 0 Å². The van der Waals surface area contributed by atoms with Crippen molar-refractivity contribution < 1.29 is 0 Å². The molecule has 0 aliphatic carbocycles. The van der Waals surface area contributed by atoms with Crippen LogP contribution in [0.25, 0.3) is 55.3 Å². The summed E-state index contributed by atoms with van der Waals surface area (Å²) in [6.45, 7) is 3.45. The molecule has 1 aliphatic heterocycles. The maximum absolute atomic E-state index is 2.59. The van der Waals surface area contributed by atoms with E-state index in [1.807, 2.05) is 0 Å². The fraction of sp³-hybridized carbons (Fsp3) is 0.119. The Morgan fingerprint density at radius 1 is 0.393 bits per heavy atom. The van der Waals surface area contributed by atoms with Crippen molar-refractivity contribution in [1.82, 2.24) is 0 Å². The normalized spacial score (nSPS) is 14.1. The minimum absolute atomic E-state index is 0.425. The van der Waals surface area contributed by atoms with Crippen molar-refractivity contribution in [3.63, 3.8) is 0 Å². The Morgan fingerprint density at radius 2 is 0.951 bits per heavy atom. The Morgan fingerprint density at radius 3 is 1.64 bits per heavy atom. The monoisotopic (exact) mass is 786 g/mol. The molecule has 0 saturated carbocycles. The van der Waals surface area contributed by atoms with Gasteiger partial charge in [-0.1, -0.05) is 177 Å². The summed E-state index contributed by atoms with van der Waals surface area (Å²) in [5, 5.41) is 2.57. The Bertz CT molecular complexity index is 2810. The molecule has 9 aromatic rings. The van der Waals surface area contributed by atoms with Gasteiger partial charge >= 0.3 is 0 Å². The van der Waals surface area contributed by atoms with E-state index in [-0.39, 0.29) is 0 Å². The number of anilines is 5. The average Bonchev–Trinajstić information content (AvgIpc) is 3.41. The Balaban J connectivity index is 1.04. The molecule has 0 N–H and O–H groups in total. The molecule has 2 heteroatoms. The van der Waals surface area contributed by atoms with Gasteiger partial charge in [0.05, 0.1) is 0 Å². The van der Waals surface area contributed by atoms with Crippen LogP contribution in [0.1, 0.15) is 44.1 Å². The molecule has 61 heavy (non-hydrogen) atoms. The Labute approximate surface area is 361 Å². The van der Waals surface area contributed by atoms with Crippen molar-refractivity contribution in [1.29, 1.82) is 0 Å². The van der Waals surface area contributed by atoms with E-state index in [1.165, 1.54) is 97.9 Å². The molecule has 0 bridgehead atoms. The molecule has 0 radical (unpaired) electrons. The fourth-order valence-corrected chi connectivity index (χ4v) is 9.34. The van der Waals surface area contributed by atoms with Crippen LogP contribution in [0.5, 0.6) is 0 Å². The lowest BCUT2D eigenvalue weighted by molar-refractivity contribution is 0.599. The molecule has 0 amide bonds. The first-order chi connectivity index (χ1) is 30.2. The molecular weight excluding hydrogens is 737 g/mol. The van der Waals surface area contributed by atoms with Gasteiger partial charge < -0.3 is 9.80 Å². The summed E-state index contributed by atoms with van der Waals surface area (Å²) in [5.74, 6) is 0.425. The van der Waals surface area contributed by atoms with Crippen LogP contribution in [0.2, 0.25) is 0 Å². The second kappa shape index (κ2) is 17.2. The molecular formula is C59H50N2. The second-order valence-electron chi connectivity index (χ2n) is 16.5. The van der Waals surface area contributed by atoms with Crippen molar-refractivity contribution in [3.8, 4) is 44.5 Å². The lowest BCUT2D eigenvalue weighted by atomic mass is 9.86. The molecule has 0 saturated heterocycles. The van der Waals surface area contributed by atoms with E-state index >= 15 is 0 Å². The molecule has 10 rings (SSSR count). The topological polar surface area (TPSA) is 6.48 Å². The van der Waals surface area contributed by atoms with Crippen LogP contribution in [0.3, 0.4) is 0 Å². The number of hydrogen-bond donors (Lipinski definition) is 0. The zero-order valence-electron chi connectivity index (χ0n) is 34.8. The summed E-state index contributed by atoms with van der Waals surface area (Å²) in [7, 11) is 0. The van der Waals surface area contributed by atoms with Crippen molar-refractivity contribution in [3.05, 3.63) is 224 Å². The largest absolute Gasteiger partial charge is 0.341 e. The zero-order chi connectivity index (χ0) is 41.0. The van der Waals surface area contributed by atoms with Crippen LogP contribution in [0.4, 0.5) is 28.4 Å².